The average Bonchev–Trinajstić information content (AvgIpc) is 0.714. The van der Waals surface area contributed by atoms with Crippen LogP contribution in [0.2, 0.25) is 0 Å². The second kappa shape index (κ2) is 39.6. The van der Waals surface area contributed by atoms with E-state index in [-0.39, 0.29) is 274 Å². The van der Waals surface area contributed by atoms with E-state index < -0.39 is 106 Å². The number of phenolic OH excluding ortho intramolecular Hbond substituents is 2. The van der Waals surface area contributed by atoms with E-state index in [4.69, 9.17) is 11.5 Å². The molecule has 38 heteroatoms. The van der Waals surface area contributed by atoms with Crippen LogP contribution < -0.4 is 140 Å². The largest absolute Gasteiger partial charge is 1.00 e. The number of nitrogens with zero attached hydrogens (tertiary/aromatic N) is 8. The van der Waals surface area contributed by atoms with E-state index in [0.29, 0.717) is 44.4 Å². The molecule has 2 aliphatic carbocycles. The molecule has 10 N–H and O–H groups in total. The van der Waals surface area contributed by atoms with Gasteiger partial charge in [0.25, 0.3) is 0 Å². The van der Waals surface area contributed by atoms with Gasteiger partial charge in [0, 0.05) is 88.9 Å². The number of nitrogens with one attached hydrogen (secondary N) is 2. The van der Waals surface area contributed by atoms with Crippen LogP contribution in [-0.2, 0) is 50.1 Å². The van der Waals surface area contributed by atoms with Gasteiger partial charge in [-0.1, -0.05) is 185 Å². The number of hydrogen-bond donors (Lipinski definition) is 8. The predicted molar refractivity (Wildman–Crippen MR) is 484 cm³/mol. The number of aliphatic hydroxyl groups is 2. The van der Waals surface area contributed by atoms with Crippen molar-refractivity contribution < 1.29 is 200 Å². The van der Waals surface area contributed by atoms with E-state index in [0.717, 1.165) is 36.7 Å². The van der Waals surface area contributed by atoms with E-state index in [1.165, 1.54) is 48.5 Å². The zero-order valence-electron chi connectivity index (χ0n) is 72.1. The number of nitrogens with two attached hydrogens (primary N) is 2. The third-order valence-corrected chi connectivity index (χ3v) is 25.5. The number of aromatic hydroxyl groups is 2. The summed E-state index contributed by atoms with van der Waals surface area (Å²) in [6.07, 6.45) is 2.33. The Hall–Kier alpha value is -11.1. The van der Waals surface area contributed by atoms with E-state index in [1.807, 2.05) is 0 Å². The van der Waals surface area contributed by atoms with Gasteiger partial charge >= 0.3 is 118 Å². The first kappa shape index (κ1) is 99.9. The summed E-state index contributed by atoms with van der Waals surface area (Å²) in [6, 6.07) is 58.5. The van der Waals surface area contributed by atoms with Crippen molar-refractivity contribution in [2.24, 2.45) is 52.7 Å². The number of aliphatic hydroxyl groups excluding tert-OH is 2. The van der Waals surface area contributed by atoms with Crippen molar-refractivity contribution in [1.82, 2.24) is 0 Å². The van der Waals surface area contributed by atoms with Gasteiger partial charge in [-0.15, -0.1) is 20.5 Å². The summed E-state index contributed by atoms with van der Waals surface area (Å²) in [7, 11) is -20.3. The first-order valence-electron chi connectivity index (χ1n) is 39.1. The Morgan fingerprint density at radius 2 is 0.561 bits per heavy atom. The number of allylic oxidation sites excluding steroid dienone is 4. The Labute approximate surface area is 845 Å². The Kier molecular flexibility index (Phi) is 29.9. The molecule has 0 amide bonds. The molecular formula is C94H70N12Na4O18S4. The maximum Gasteiger partial charge on any atom is 1.00 e. The zero-order chi connectivity index (χ0) is 91.1. The van der Waals surface area contributed by atoms with Crippen LogP contribution in [0.5, 0.6) is 11.5 Å². The molecule has 0 radical (unpaired) electrons. The first-order chi connectivity index (χ1) is 60.8. The van der Waals surface area contributed by atoms with Crippen molar-refractivity contribution >= 4 is 186 Å². The van der Waals surface area contributed by atoms with Gasteiger partial charge in [-0.25, -0.2) is 33.7 Å². The molecule has 0 unspecified atom stereocenters. The molecule has 30 nitrogen and oxygen atoms in total. The fraction of sp³-hybridized carbons (Fsp3) is 0.0851. The van der Waals surface area contributed by atoms with Crippen LogP contribution >= 0.6 is 0 Å². The number of ketones is 2. The van der Waals surface area contributed by atoms with E-state index in [2.05, 4.69) is 51.5 Å². The van der Waals surface area contributed by atoms with Crippen molar-refractivity contribution in [3.8, 4) is 44.9 Å². The summed E-state index contributed by atoms with van der Waals surface area (Å²) in [4.78, 5) is 27.9. The molecule has 0 saturated heterocycles. The maximum atomic E-state index is 15.1. The number of Topliss-reactive ketones (excluding diaryl/α,β-unsaturated/α-hetero) is 2. The summed E-state index contributed by atoms with van der Waals surface area (Å²) in [5.41, 5.74) is 16.4. The predicted octanol–water partition coefficient (Wildman–Crippen LogP) is 9.71. The summed E-state index contributed by atoms with van der Waals surface area (Å²) >= 11 is 0. The number of carbonyl (C=O) groups excluding carboxylic acids is 2. The normalized spacial score (nSPS) is 13.9. The van der Waals surface area contributed by atoms with Crippen molar-refractivity contribution in [2.45, 2.75) is 61.1 Å². The SMILES string of the molecule is Cc1cc2c(c(O)c1-c1c(C)cc3c(c1O)/C(=C/Nc1c(N=Nc4ccc(-c5ccc(N=Nc6cc(S(=O)(=O)[O-])c7ccccc7c6N)cc5)cc4)cc(S(=O)(=O)[O-])c4ccccc14)C(=O)C(O)=C3C(C)C)/C(=C/Nc1c(N=Nc3ccc(-c4ccc(N=Nc5cc(S(=O)(=O)[O-])c6ccccc6c5N)cc4)cc3)cc(S(=O)(=O)[O-])c3ccccc13)C(=O)C(O)=C2C(C)C.[Na+].[Na+].[Na+].[Na+]. The first-order valence-corrected chi connectivity index (χ1v) is 44.8. The quantitative estimate of drug-likeness (QED) is 0.0109. The van der Waals surface area contributed by atoms with Crippen molar-refractivity contribution in [3.63, 3.8) is 0 Å². The van der Waals surface area contributed by atoms with Crippen LogP contribution in [0, 0.1) is 25.7 Å². The topological polar surface area (TPSA) is 519 Å². The molecule has 642 valence electrons. The van der Waals surface area contributed by atoms with Gasteiger partial charge in [0.1, 0.15) is 74.7 Å². The number of hydrogen-bond acceptors (Lipinski definition) is 30. The van der Waals surface area contributed by atoms with Crippen molar-refractivity contribution in [1.29, 1.82) is 0 Å². The van der Waals surface area contributed by atoms with Crippen LogP contribution in [0.1, 0.15) is 61.1 Å². The fourth-order valence-corrected chi connectivity index (χ4v) is 18.9. The fourth-order valence-electron chi connectivity index (χ4n) is 16.1. The van der Waals surface area contributed by atoms with E-state index in [1.54, 1.807) is 199 Å². The van der Waals surface area contributed by atoms with Crippen molar-refractivity contribution in [3.05, 3.63) is 288 Å². The molecule has 0 saturated carbocycles. The van der Waals surface area contributed by atoms with Crippen LogP contribution in [0.25, 0.3) is 98.8 Å². The van der Waals surface area contributed by atoms with Gasteiger partial charge in [-0.3, -0.25) is 9.59 Å². The number of benzene rings is 14. The Balaban J connectivity index is 0.00000393. The Morgan fingerprint density at radius 3 is 0.818 bits per heavy atom. The summed E-state index contributed by atoms with van der Waals surface area (Å²) in [5, 5.41) is 92.5. The van der Waals surface area contributed by atoms with Gasteiger partial charge in [-0.2, -0.15) is 20.5 Å². The third-order valence-electron chi connectivity index (χ3n) is 22.0. The number of anilines is 4. The molecule has 16 rings (SSSR count). The Bertz CT molecular complexity index is 7470. The third kappa shape index (κ3) is 19.5. The second-order valence-electron chi connectivity index (χ2n) is 30.7. The van der Waals surface area contributed by atoms with Crippen LogP contribution in [0.3, 0.4) is 0 Å². The molecule has 0 aromatic heterocycles. The molecule has 0 atom stereocenters. The molecule has 0 fully saturated rings. The molecule has 14 aromatic rings. The standard InChI is InChI=1S/C94H74N12O18S4.4Na/c1-47(2)79-67-39-49(5)81(91(109)83(67)69(89(107)93(79)111)45-97-87-65-21-13-9-17-61(65)77(127(119,120)121)43-73(87)105-101-57-35-27-53(28-36-57)51-23-31-55(32-24-51)99-103-71-41-75(125(113,114)115)59-15-7-11-19-63(59)85(71)95)82-50(6)40-68-80(48(3)4)94(112)90(108)70(84(68)92(82)110)46-98-88-66-22-14-10-18-62(66)78(128(122,123)124)44-74(88)106-102-58-37-29-54(30-38-58)52-25-33-56(34-26-52)100-104-72-42-76(126(116,117)118)60-16-8-12-20-64(60)86(72)96;;;;/h7-48,97-98,109-112H,95-96H2,1-6H3,(H,113,114,115)(H,116,117,118)(H,119,120,121)(H,122,123,124);;;;/q;4*+1/p-4/b69-45-,70-46-,103-99?,104-100?,105-101?,106-102?;;;;. The molecule has 132 heavy (non-hydrogen) atoms. The number of fused-ring (bicyclic) bond motifs is 6. The molecule has 0 heterocycles. The number of aryl methyl sites for hydroxylation is 2. The number of carbonyl (C=O) groups is 2. The summed E-state index contributed by atoms with van der Waals surface area (Å²) in [5.74, 6) is -5.76. The number of rotatable bonds is 21. The molecule has 0 bridgehead atoms. The smallest absolute Gasteiger partial charge is 0.744 e. The minimum Gasteiger partial charge on any atom is -0.744 e. The number of azo groups is 4. The molecule has 0 aliphatic heterocycles. The molecule has 14 aromatic carbocycles. The maximum absolute atomic E-state index is 15.1. The second-order valence-corrected chi connectivity index (χ2v) is 36.1. The van der Waals surface area contributed by atoms with Gasteiger partial charge in [0.05, 0.1) is 76.2 Å². The zero-order valence-corrected chi connectivity index (χ0v) is 83.4. The van der Waals surface area contributed by atoms with Crippen molar-refractivity contribution in [2.75, 3.05) is 22.1 Å². The monoisotopic (exact) mass is 1870 g/mol. The minimum atomic E-state index is -5.25. The van der Waals surface area contributed by atoms with Crippen LogP contribution in [-0.4, -0.2) is 83.9 Å². The molecular weight excluding hydrogens is 1810 g/mol. The summed E-state index contributed by atoms with van der Waals surface area (Å²) in [6.45, 7) is 10.1. The number of nitrogen functional groups attached to an aromatic ring is 2. The summed E-state index contributed by atoms with van der Waals surface area (Å²) < 4.78 is 152. The van der Waals surface area contributed by atoms with E-state index in [9.17, 15) is 72.3 Å². The molecule has 0 spiro atoms. The average molecular weight is 1880 g/mol. The van der Waals surface area contributed by atoms with Gasteiger partial charge < -0.3 is 60.7 Å². The van der Waals surface area contributed by atoms with Crippen LogP contribution in [0.15, 0.2) is 315 Å². The Morgan fingerprint density at radius 1 is 0.326 bits per heavy atom. The van der Waals surface area contributed by atoms with Gasteiger partial charge in [0.15, 0.2) is 11.5 Å². The van der Waals surface area contributed by atoms with Crippen LogP contribution in [0.4, 0.5) is 68.2 Å². The molecule has 2 aliphatic rings. The van der Waals surface area contributed by atoms with Gasteiger partial charge in [0.2, 0.25) is 11.6 Å². The number of phenols is 2. The van der Waals surface area contributed by atoms with E-state index >= 15 is 9.59 Å². The van der Waals surface area contributed by atoms with Gasteiger partial charge in [-0.05, 0) is 143 Å². The minimum absolute atomic E-state index is 0.